The maximum absolute atomic E-state index is 13.0. The molecule has 0 radical (unpaired) electrons. The SMILES string of the molecule is CCc1cc(N2CCCC2C(=O)N2CCSCC2)n2ncnc2n1. The van der Waals surface area contributed by atoms with Gasteiger partial charge in [0.2, 0.25) is 5.91 Å². The third-order valence-corrected chi connectivity index (χ3v) is 5.75. The maximum atomic E-state index is 13.0. The van der Waals surface area contributed by atoms with Crippen molar-refractivity contribution in [1.29, 1.82) is 0 Å². The molecule has 1 amide bonds. The van der Waals surface area contributed by atoms with E-state index in [1.807, 2.05) is 16.7 Å². The molecule has 2 saturated heterocycles. The van der Waals surface area contributed by atoms with Gasteiger partial charge in [-0.25, -0.2) is 4.98 Å². The highest BCUT2D eigenvalue weighted by Crippen LogP contribution is 2.28. The van der Waals surface area contributed by atoms with Crippen molar-refractivity contribution in [2.75, 3.05) is 36.0 Å². The topological polar surface area (TPSA) is 66.6 Å². The van der Waals surface area contributed by atoms with Gasteiger partial charge in [-0.1, -0.05) is 6.92 Å². The lowest BCUT2D eigenvalue weighted by molar-refractivity contribution is -0.132. The summed E-state index contributed by atoms with van der Waals surface area (Å²) in [6.45, 7) is 4.68. The van der Waals surface area contributed by atoms with Crippen molar-refractivity contribution in [3.63, 3.8) is 0 Å². The summed E-state index contributed by atoms with van der Waals surface area (Å²) in [6.07, 6.45) is 4.30. The largest absolute Gasteiger partial charge is 0.344 e. The predicted octanol–water partition coefficient (Wildman–Crippen LogP) is 1.23. The normalized spacial score (nSPS) is 21.6. The van der Waals surface area contributed by atoms with Gasteiger partial charge in [-0.05, 0) is 19.3 Å². The van der Waals surface area contributed by atoms with Gasteiger partial charge in [0.1, 0.15) is 18.2 Å². The molecule has 2 aliphatic heterocycles. The number of carbonyl (C=O) groups is 1. The molecular formula is C16H22N6OS. The molecule has 0 saturated carbocycles. The van der Waals surface area contributed by atoms with Gasteiger partial charge in [0.15, 0.2) is 0 Å². The summed E-state index contributed by atoms with van der Waals surface area (Å²) in [6, 6.07) is 1.96. The van der Waals surface area contributed by atoms with Gasteiger partial charge >= 0.3 is 0 Å². The monoisotopic (exact) mass is 346 g/mol. The number of thioether (sulfide) groups is 1. The van der Waals surface area contributed by atoms with Crippen LogP contribution in [0.25, 0.3) is 5.78 Å². The van der Waals surface area contributed by atoms with E-state index in [0.717, 1.165) is 61.9 Å². The highest BCUT2D eigenvalue weighted by molar-refractivity contribution is 7.99. The van der Waals surface area contributed by atoms with Gasteiger partial charge in [-0.2, -0.15) is 26.4 Å². The fourth-order valence-electron chi connectivity index (χ4n) is 3.52. The summed E-state index contributed by atoms with van der Waals surface area (Å²) < 4.78 is 1.76. The lowest BCUT2D eigenvalue weighted by Gasteiger charge is -2.33. The van der Waals surface area contributed by atoms with Crippen LogP contribution in [0.4, 0.5) is 5.82 Å². The molecule has 0 spiro atoms. The van der Waals surface area contributed by atoms with E-state index in [4.69, 9.17) is 0 Å². The van der Waals surface area contributed by atoms with E-state index < -0.39 is 0 Å². The molecule has 24 heavy (non-hydrogen) atoms. The van der Waals surface area contributed by atoms with E-state index in [1.165, 1.54) is 6.33 Å². The van der Waals surface area contributed by atoms with Crippen molar-refractivity contribution in [2.24, 2.45) is 0 Å². The zero-order valence-corrected chi connectivity index (χ0v) is 14.7. The Morgan fingerprint density at radius 3 is 2.96 bits per heavy atom. The zero-order valence-electron chi connectivity index (χ0n) is 13.9. The van der Waals surface area contributed by atoms with Crippen LogP contribution in [0.15, 0.2) is 12.4 Å². The highest BCUT2D eigenvalue weighted by Gasteiger charge is 2.35. The highest BCUT2D eigenvalue weighted by atomic mass is 32.2. The summed E-state index contributed by atoms with van der Waals surface area (Å²) >= 11 is 1.93. The second-order valence-electron chi connectivity index (χ2n) is 6.22. The molecule has 2 aromatic rings. The number of fused-ring (bicyclic) bond motifs is 1. The minimum absolute atomic E-state index is 0.0902. The van der Waals surface area contributed by atoms with Gasteiger partial charge in [0.05, 0.1) is 0 Å². The Hall–Kier alpha value is -1.83. The second-order valence-corrected chi connectivity index (χ2v) is 7.44. The molecule has 0 aliphatic carbocycles. The first-order chi connectivity index (χ1) is 11.8. The molecule has 2 aromatic heterocycles. The van der Waals surface area contributed by atoms with Crippen molar-refractivity contribution >= 4 is 29.3 Å². The summed E-state index contributed by atoms with van der Waals surface area (Å²) in [4.78, 5) is 26.0. The van der Waals surface area contributed by atoms with Gasteiger partial charge < -0.3 is 9.80 Å². The Morgan fingerprint density at radius 1 is 1.33 bits per heavy atom. The Labute approximate surface area is 145 Å². The number of nitrogens with zero attached hydrogens (tertiary/aromatic N) is 6. The first-order valence-corrected chi connectivity index (χ1v) is 9.76. The van der Waals surface area contributed by atoms with Crippen LogP contribution in [0.1, 0.15) is 25.5 Å². The molecule has 2 aliphatic rings. The van der Waals surface area contributed by atoms with Crippen molar-refractivity contribution < 1.29 is 4.79 Å². The van der Waals surface area contributed by atoms with Crippen LogP contribution in [0.2, 0.25) is 0 Å². The number of amides is 1. The fraction of sp³-hybridized carbons (Fsp3) is 0.625. The molecule has 4 rings (SSSR count). The van der Waals surface area contributed by atoms with E-state index in [9.17, 15) is 4.79 Å². The molecule has 8 heteroatoms. The van der Waals surface area contributed by atoms with Crippen LogP contribution in [-0.2, 0) is 11.2 Å². The molecule has 2 fully saturated rings. The van der Waals surface area contributed by atoms with Crippen LogP contribution in [0.3, 0.4) is 0 Å². The first kappa shape index (κ1) is 15.7. The maximum Gasteiger partial charge on any atom is 0.254 e. The number of hydrogen-bond donors (Lipinski definition) is 0. The van der Waals surface area contributed by atoms with Gasteiger partial charge in [0.25, 0.3) is 5.78 Å². The van der Waals surface area contributed by atoms with E-state index in [-0.39, 0.29) is 11.9 Å². The van der Waals surface area contributed by atoms with Gasteiger partial charge in [-0.15, -0.1) is 0 Å². The smallest absolute Gasteiger partial charge is 0.254 e. The average molecular weight is 346 g/mol. The molecular weight excluding hydrogens is 324 g/mol. The Bertz CT molecular complexity index is 741. The average Bonchev–Trinajstić information content (AvgIpc) is 3.30. The van der Waals surface area contributed by atoms with Crippen LogP contribution in [0.5, 0.6) is 0 Å². The Kier molecular flexibility index (Phi) is 4.30. The molecule has 1 atom stereocenters. The molecule has 0 bridgehead atoms. The van der Waals surface area contributed by atoms with Crippen LogP contribution < -0.4 is 4.90 Å². The third kappa shape index (κ3) is 2.72. The summed E-state index contributed by atoms with van der Waals surface area (Å²) in [5, 5.41) is 4.32. The standard InChI is InChI=1S/C16H22N6OS/c1-2-12-10-14(22-16(19-12)17-11-18-22)21-5-3-4-13(21)15(23)20-6-8-24-9-7-20/h10-11,13H,2-9H2,1H3. The minimum Gasteiger partial charge on any atom is -0.344 e. The van der Waals surface area contributed by atoms with Crippen molar-refractivity contribution in [3.8, 4) is 0 Å². The van der Waals surface area contributed by atoms with Crippen molar-refractivity contribution in [1.82, 2.24) is 24.5 Å². The molecule has 0 aromatic carbocycles. The number of hydrogen-bond acceptors (Lipinski definition) is 6. The number of rotatable bonds is 3. The lowest BCUT2D eigenvalue weighted by Crippen LogP contribution is -2.49. The Balaban J connectivity index is 1.67. The minimum atomic E-state index is -0.0902. The summed E-state index contributed by atoms with van der Waals surface area (Å²) in [5.41, 5.74) is 0.984. The van der Waals surface area contributed by atoms with Gasteiger partial charge in [-0.3, -0.25) is 4.79 Å². The fourth-order valence-corrected chi connectivity index (χ4v) is 4.43. The quantitative estimate of drug-likeness (QED) is 0.833. The number of aromatic nitrogens is 4. The zero-order chi connectivity index (χ0) is 16.5. The second kappa shape index (κ2) is 6.58. The Morgan fingerprint density at radius 2 is 2.17 bits per heavy atom. The van der Waals surface area contributed by atoms with E-state index >= 15 is 0 Å². The van der Waals surface area contributed by atoms with E-state index in [2.05, 4.69) is 33.0 Å². The van der Waals surface area contributed by atoms with Crippen molar-refractivity contribution in [2.45, 2.75) is 32.2 Å². The lowest BCUT2D eigenvalue weighted by atomic mass is 10.2. The third-order valence-electron chi connectivity index (χ3n) is 4.80. The molecule has 128 valence electrons. The van der Waals surface area contributed by atoms with Crippen LogP contribution in [-0.4, -0.2) is 67.6 Å². The predicted molar refractivity (Wildman–Crippen MR) is 94.4 cm³/mol. The molecule has 7 nitrogen and oxygen atoms in total. The van der Waals surface area contributed by atoms with Crippen LogP contribution >= 0.6 is 11.8 Å². The van der Waals surface area contributed by atoms with E-state index in [1.54, 1.807) is 4.52 Å². The number of anilines is 1. The first-order valence-electron chi connectivity index (χ1n) is 8.60. The van der Waals surface area contributed by atoms with Gasteiger partial charge in [0, 0.05) is 42.9 Å². The van der Waals surface area contributed by atoms with E-state index in [0.29, 0.717) is 5.78 Å². The van der Waals surface area contributed by atoms with Crippen molar-refractivity contribution in [3.05, 3.63) is 18.1 Å². The number of carbonyl (C=O) groups excluding carboxylic acids is 1. The summed E-state index contributed by atoms with van der Waals surface area (Å²) in [5.74, 6) is 3.89. The molecule has 4 heterocycles. The van der Waals surface area contributed by atoms with Crippen LogP contribution in [0, 0.1) is 0 Å². The molecule has 0 N–H and O–H groups in total. The number of aryl methyl sites for hydroxylation is 1. The molecule has 1 unspecified atom stereocenters. The summed E-state index contributed by atoms with van der Waals surface area (Å²) in [7, 11) is 0.